The smallest absolute Gasteiger partial charge is 0.462 e. The Bertz CT molecular complexity index is 1110. The molecule has 0 fully saturated rings. The zero-order chi connectivity index (χ0) is 38.2. The van der Waals surface area contributed by atoms with E-state index in [1.807, 2.05) is 12.2 Å². The van der Waals surface area contributed by atoms with Crippen LogP contribution in [0.25, 0.3) is 0 Å². The van der Waals surface area contributed by atoms with Crippen molar-refractivity contribution in [1.29, 1.82) is 0 Å². The lowest BCUT2D eigenvalue weighted by molar-refractivity contribution is -0.161. The van der Waals surface area contributed by atoms with Crippen LogP contribution in [-0.2, 0) is 28.2 Å². The van der Waals surface area contributed by atoms with Crippen LogP contribution in [0.3, 0.4) is 0 Å². The third-order valence-corrected chi connectivity index (χ3v) is 8.40. The molecule has 9 heteroatoms. The lowest BCUT2D eigenvalue weighted by Gasteiger charge is -2.18. The molecule has 0 aromatic carbocycles. The van der Waals surface area contributed by atoms with E-state index in [9.17, 15) is 14.2 Å². The van der Waals surface area contributed by atoms with Gasteiger partial charge in [-0.05, 0) is 77.0 Å². The van der Waals surface area contributed by atoms with E-state index in [0.717, 1.165) is 64.2 Å². The molecular weight excluding hydrogens is 675 g/mol. The monoisotopic (exact) mass is 746 g/mol. The van der Waals surface area contributed by atoms with E-state index in [4.69, 9.17) is 19.3 Å². The van der Waals surface area contributed by atoms with Gasteiger partial charge in [-0.15, -0.1) is 0 Å². The highest BCUT2D eigenvalue weighted by molar-refractivity contribution is 7.46. The summed E-state index contributed by atoms with van der Waals surface area (Å²) in [6, 6.07) is 0. The predicted molar refractivity (Wildman–Crippen MR) is 216 cm³/mol. The fourth-order valence-electron chi connectivity index (χ4n) is 4.98. The van der Waals surface area contributed by atoms with Gasteiger partial charge in [0.15, 0.2) is 6.10 Å². The Balaban J connectivity index is 4.11. The van der Waals surface area contributed by atoms with Crippen LogP contribution in [0.15, 0.2) is 85.1 Å². The van der Waals surface area contributed by atoms with Crippen LogP contribution in [0, 0.1) is 0 Å². The number of phosphoric acid groups is 1. The second kappa shape index (κ2) is 38.0. The highest BCUT2D eigenvalue weighted by atomic mass is 31.2. The summed E-state index contributed by atoms with van der Waals surface area (Å²) in [4.78, 5) is 42.7. The summed E-state index contributed by atoms with van der Waals surface area (Å²) in [6.07, 6.45) is 50.3. The third-order valence-electron chi connectivity index (χ3n) is 7.91. The van der Waals surface area contributed by atoms with Gasteiger partial charge in [0.2, 0.25) is 0 Å². The van der Waals surface area contributed by atoms with Gasteiger partial charge in [-0.3, -0.25) is 14.1 Å². The molecule has 0 rings (SSSR count). The standard InChI is InChI=1S/C43H71O8P/c1-3-5-7-9-11-13-15-17-19-20-21-22-24-26-28-30-32-34-36-38-43(45)51-41(40-50-52(46,47)48)39-49-42(44)37-35-33-31-29-27-25-23-18-16-14-12-10-8-6-4-2/h5,7,11,13-14,16-17,19,21-22,26,28,32,34,41H,3-4,6,8-10,12,15,18,20,23-25,27,29-31,33,35-40H2,1-2H3,(H2,46,47,48)/b7-5-,13-11-,16-14-,19-17-,22-21-,28-26-,34-32-/t41-/m1/s1. The van der Waals surface area contributed by atoms with E-state index in [-0.39, 0.29) is 19.4 Å². The molecule has 0 bridgehead atoms. The Kier molecular flexibility index (Phi) is 35.9. The van der Waals surface area contributed by atoms with Gasteiger partial charge in [-0.2, -0.15) is 0 Å². The second-order valence-corrected chi connectivity index (χ2v) is 14.1. The quantitative estimate of drug-likeness (QED) is 0.0285. The Morgan fingerprint density at radius 1 is 0.519 bits per heavy atom. The molecule has 8 nitrogen and oxygen atoms in total. The number of hydrogen-bond acceptors (Lipinski definition) is 6. The van der Waals surface area contributed by atoms with E-state index in [0.29, 0.717) is 12.8 Å². The first kappa shape index (κ1) is 49.2. The molecule has 0 aromatic rings. The number of phosphoric ester groups is 1. The Morgan fingerprint density at radius 3 is 1.46 bits per heavy atom. The van der Waals surface area contributed by atoms with Gasteiger partial charge in [0.05, 0.1) is 6.61 Å². The van der Waals surface area contributed by atoms with Gasteiger partial charge in [-0.25, -0.2) is 4.57 Å². The largest absolute Gasteiger partial charge is 0.469 e. The summed E-state index contributed by atoms with van der Waals surface area (Å²) in [5.74, 6) is -0.995. The maximum Gasteiger partial charge on any atom is 0.469 e. The summed E-state index contributed by atoms with van der Waals surface area (Å²) in [5, 5.41) is 0. The van der Waals surface area contributed by atoms with Crippen molar-refractivity contribution in [3.8, 4) is 0 Å². The molecule has 0 aliphatic rings. The number of carbonyl (C=O) groups is 2. The van der Waals surface area contributed by atoms with Crippen molar-refractivity contribution in [2.45, 2.75) is 161 Å². The number of esters is 2. The van der Waals surface area contributed by atoms with Crippen molar-refractivity contribution >= 4 is 19.8 Å². The second-order valence-electron chi connectivity index (χ2n) is 12.9. The average Bonchev–Trinajstić information content (AvgIpc) is 3.11. The van der Waals surface area contributed by atoms with Crippen molar-refractivity contribution < 1.29 is 37.9 Å². The minimum absolute atomic E-state index is 0.0817. The van der Waals surface area contributed by atoms with Gasteiger partial charge >= 0.3 is 19.8 Å². The van der Waals surface area contributed by atoms with Crippen molar-refractivity contribution in [3.05, 3.63) is 85.1 Å². The van der Waals surface area contributed by atoms with Gasteiger partial charge in [0.1, 0.15) is 6.61 Å². The Labute approximate surface area is 316 Å². The molecule has 2 N–H and O–H groups in total. The predicted octanol–water partition coefficient (Wildman–Crippen LogP) is 12.1. The molecule has 0 saturated heterocycles. The van der Waals surface area contributed by atoms with Crippen molar-refractivity contribution in [1.82, 2.24) is 0 Å². The van der Waals surface area contributed by atoms with Crippen LogP contribution in [0.2, 0.25) is 0 Å². The number of allylic oxidation sites excluding steroid dienone is 14. The van der Waals surface area contributed by atoms with Gasteiger partial charge in [0, 0.05) is 12.8 Å². The molecule has 52 heavy (non-hydrogen) atoms. The first-order valence-electron chi connectivity index (χ1n) is 19.9. The number of ether oxygens (including phenoxy) is 2. The van der Waals surface area contributed by atoms with Crippen LogP contribution in [0.4, 0.5) is 0 Å². The molecule has 296 valence electrons. The van der Waals surface area contributed by atoms with E-state index in [2.05, 4.69) is 91.3 Å². The summed E-state index contributed by atoms with van der Waals surface area (Å²) in [6.45, 7) is 3.48. The number of unbranched alkanes of at least 4 members (excludes halogenated alkanes) is 11. The lowest BCUT2D eigenvalue weighted by Crippen LogP contribution is -2.29. The van der Waals surface area contributed by atoms with Gasteiger partial charge in [-0.1, -0.05) is 150 Å². The molecule has 0 aromatic heterocycles. The minimum atomic E-state index is -4.78. The van der Waals surface area contributed by atoms with Gasteiger partial charge < -0.3 is 19.3 Å². The number of carbonyl (C=O) groups excluding carboxylic acids is 2. The Hall–Kier alpha value is -2.77. The highest BCUT2D eigenvalue weighted by Crippen LogP contribution is 2.35. The first-order valence-corrected chi connectivity index (χ1v) is 21.4. The molecule has 0 amide bonds. The molecule has 0 saturated carbocycles. The lowest BCUT2D eigenvalue weighted by atomic mass is 10.1. The van der Waals surface area contributed by atoms with Crippen molar-refractivity contribution in [3.63, 3.8) is 0 Å². The molecule has 0 aliphatic carbocycles. The normalized spacial score (nSPS) is 13.4. The first-order chi connectivity index (χ1) is 25.3. The fraction of sp³-hybridized carbons (Fsp3) is 0.628. The summed E-state index contributed by atoms with van der Waals surface area (Å²) in [5.41, 5.74) is 0. The molecule has 0 radical (unpaired) electrons. The topological polar surface area (TPSA) is 119 Å². The zero-order valence-electron chi connectivity index (χ0n) is 32.4. The van der Waals surface area contributed by atoms with E-state index in [1.165, 1.54) is 51.4 Å². The van der Waals surface area contributed by atoms with Gasteiger partial charge in [0.25, 0.3) is 0 Å². The molecular formula is C43H71O8P. The zero-order valence-corrected chi connectivity index (χ0v) is 33.3. The summed E-state index contributed by atoms with van der Waals surface area (Å²) in [7, 11) is -4.78. The Morgan fingerprint density at radius 2 is 0.962 bits per heavy atom. The third kappa shape index (κ3) is 40.0. The SMILES string of the molecule is CC/C=C\C/C=C\C/C=C\C/C=C\C/C=C\C/C=C\CCC(=O)O[C@H](COC(=O)CCCCCCCCC/C=C\CCCCCC)COP(=O)(O)O. The average molecular weight is 747 g/mol. The highest BCUT2D eigenvalue weighted by Gasteiger charge is 2.22. The maximum atomic E-state index is 12.4. The fourth-order valence-corrected chi connectivity index (χ4v) is 5.34. The van der Waals surface area contributed by atoms with Crippen LogP contribution >= 0.6 is 7.82 Å². The van der Waals surface area contributed by atoms with Crippen LogP contribution in [0.5, 0.6) is 0 Å². The number of rotatable bonds is 35. The molecule has 0 aliphatic heterocycles. The molecule has 0 spiro atoms. The van der Waals surface area contributed by atoms with E-state index in [1.54, 1.807) is 0 Å². The maximum absolute atomic E-state index is 12.4. The molecule has 0 unspecified atom stereocenters. The summed E-state index contributed by atoms with van der Waals surface area (Å²) < 4.78 is 26.3. The number of hydrogen-bond donors (Lipinski definition) is 2. The van der Waals surface area contributed by atoms with Crippen molar-refractivity contribution in [2.75, 3.05) is 13.2 Å². The van der Waals surface area contributed by atoms with Crippen LogP contribution < -0.4 is 0 Å². The van der Waals surface area contributed by atoms with E-state index < -0.39 is 32.5 Å². The minimum Gasteiger partial charge on any atom is -0.462 e. The van der Waals surface area contributed by atoms with Crippen LogP contribution in [-0.4, -0.2) is 41.0 Å². The molecule has 1 atom stereocenters. The summed E-state index contributed by atoms with van der Waals surface area (Å²) >= 11 is 0. The van der Waals surface area contributed by atoms with Crippen molar-refractivity contribution in [2.24, 2.45) is 0 Å². The van der Waals surface area contributed by atoms with E-state index >= 15 is 0 Å². The van der Waals surface area contributed by atoms with Crippen LogP contribution in [0.1, 0.15) is 155 Å². The molecule has 0 heterocycles.